The van der Waals surface area contributed by atoms with Gasteiger partial charge in [0, 0.05) is 19.5 Å². The van der Waals surface area contributed by atoms with E-state index in [9.17, 15) is 0 Å². The minimum Gasteiger partial charge on any atom is -0.338 e. The number of likely N-dealkylation sites (tertiary alicyclic amines) is 1. The molecule has 2 fully saturated rings. The lowest BCUT2D eigenvalue weighted by molar-refractivity contribution is 0.0538. The van der Waals surface area contributed by atoms with Crippen LogP contribution in [0.3, 0.4) is 0 Å². The normalized spacial score (nSPS) is 28.1. The minimum atomic E-state index is 0.489. The second kappa shape index (κ2) is 6.22. The van der Waals surface area contributed by atoms with Gasteiger partial charge in [0.2, 0.25) is 5.89 Å². The van der Waals surface area contributed by atoms with E-state index in [4.69, 9.17) is 4.52 Å². The lowest BCUT2D eigenvalue weighted by Gasteiger charge is -2.45. The van der Waals surface area contributed by atoms with Crippen molar-refractivity contribution in [1.29, 1.82) is 0 Å². The Labute approximate surface area is 121 Å². The second-order valence-electron chi connectivity index (χ2n) is 6.45. The molecule has 0 radical (unpaired) electrons. The van der Waals surface area contributed by atoms with Gasteiger partial charge in [0.15, 0.2) is 5.82 Å². The van der Waals surface area contributed by atoms with Crippen LogP contribution in [0.25, 0.3) is 0 Å². The summed E-state index contributed by atoms with van der Waals surface area (Å²) in [5.74, 6) is 1.64. The Kier molecular flexibility index (Phi) is 4.36. The fraction of sp³-hybridized carbons (Fsp3) is 0.867. The average Bonchev–Trinajstić information content (AvgIpc) is 2.87. The van der Waals surface area contributed by atoms with Gasteiger partial charge in [0.05, 0.1) is 6.54 Å². The first kappa shape index (κ1) is 14.0. The molecule has 0 saturated carbocycles. The summed E-state index contributed by atoms with van der Waals surface area (Å²) in [5.41, 5.74) is 0.489. The smallest absolute Gasteiger partial charge is 0.240 e. The molecule has 1 aromatic rings. The Morgan fingerprint density at radius 3 is 3.05 bits per heavy atom. The number of rotatable bonds is 4. The van der Waals surface area contributed by atoms with Crippen LogP contribution in [0, 0.1) is 5.41 Å². The molecule has 1 N–H and O–H groups in total. The maximum absolute atomic E-state index is 5.38. The zero-order chi connectivity index (χ0) is 13.8. The predicted molar refractivity (Wildman–Crippen MR) is 77.3 cm³/mol. The highest BCUT2D eigenvalue weighted by atomic mass is 16.5. The molecular formula is C15H26N4O. The summed E-state index contributed by atoms with van der Waals surface area (Å²) in [6.45, 7) is 7.65. The molecule has 1 atom stereocenters. The van der Waals surface area contributed by atoms with Gasteiger partial charge in [-0.1, -0.05) is 12.1 Å². The molecule has 0 aliphatic carbocycles. The van der Waals surface area contributed by atoms with Crippen LogP contribution in [-0.2, 0) is 13.0 Å². The van der Waals surface area contributed by atoms with E-state index >= 15 is 0 Å². The van der Waals surface area contributed by atoms with Crippen molar-refractivity contribution in [2.24, 2.45) is 5.41 Å². The van der Waals surface area contributed by atoms with E-state index in [0.29, 0.717) is 5.41 Å². The van der Waals surface area contributed by atoms with Crippen LogP contribution in [-0.4, -0.2) is 41.2 Å². The van der Waals surface area contributed by atoms with Gasteiger partial charge in [-0.05, 0) is 50.6 Å². The van der Waals surface area contributed by atoms with Crippen molar-refractivity contribution in [3.63, 3.8) is 0 Å². The molecule has 0 bridgehead atoms. The van der Waals surface area contributed by atoms with Crippen LogP contribution in [0.5, 0.6) is 0 Å². The van der Waals surface area contributed by atoms with E-state index in [1.54, 1.807) is 0 Å². The first-order valence-corrected chi connectivity index (χ1v) is 8.04. The molecular weight excluding hydrogens is 252 g/mol. The lowest BCUT2D eigenvalue weighted by Crippen LogP contribution is -2.50. The maximum Gasteiger partial charge on any atom is 0.240 e. The first-order valence-electron chi connectivity index (χ1n) is 8.04. The van der Waals surface area contributed by atoms with Crippen LogP contribution in [0.2, 0.25) is 0 Å². The summed E-state index contributed by atoms with van der Waals surface area (Å²) in [6, 6.07) is 0. The third-order valence-electron chi connectivity index (χ3n) is 4.64. The van der Waals surface area contributed by atoms with Gasteiger partial charge < -0.3 is 9.84 Å². The Morgan fingerprint density at radius 1 is 1.35 bits per heavy atom. The van der Waals surface area contributed by atoms with Gasteiger partial charge in [0.1, 0.15) is 0 Å². The SMILES string of the molecule is CCCc1noc(CN2CCCC3(CCCNC3)C2)n1. The number of hydrogen-bond acceptors (Lipinski definition) is 5. The van der Waals surface area contributed by atoms with Crippen LogP contribution >= 0.6 is 0 Å². The minimum absolute atomic E-state index is 0.489. The summed E-state index contributed by atoms with van der Waals surface area (Å²) in [4.78, 5) is 6.99. The number of aryl methyl sites for hydroxylation is 1. The Bertz CT molecular complexity index is 420. The van der Waals surface area contributed by atoms with Crippen molar-refractivity contribution in [2.75, 3.05) is 26.2 Å². The van der Waals surface area contributed by atoms with E-state index in [-0.39, 0.29) is 0 Å². The standard InChI is InChI=1S/C15H26N4O/c1-2-5-13-17-14(20-18-13)10-19-9-4-7-15(12-19)6-3-8-16-11-15/h16H,2-12H2,1H3. The number of aromatic nitrogens is 2. The predicted octanol–water partition coefficient (Wildman–Crippen LogP) is 1.99. The zero-order valence-electron chi connectivity index (χ0n) is 12.5. The summed E-state index contributed by atoms with van der Waals surface area (Å²) in [6.07, 6.45) is 7.31. The summed E-state index contributed by atoms with van der Waals surface area (Å²) in [5, 5.41) is 7.62. The molecule has 1 unspecified atom stereocenters. The van der Waals surface area contributed by atoms with Crippen molar-refractivity contribution >= 4 is 0 Å². The van der Waals surface area contributed by atoms with Crippen molar-refractivity contribution in [1.82, 2.24) is 20.4 Å². The van der Waals surface area contributed by atoms with Crippen LogP contribution in [0.4, 0.5) is 0 Å². The Balaban J connectivity index is 1.59. The van der Waals surface area contributed by atoms with E-state index in [1.165, 1.54) is 45.3 Å². The van der Waals surface area contributed by atoms with Gasteiger partial charge in [-0.3, -0.25) is 4.90 Å². The molecule has 1 aromatic heterocycles. The quantitative estimate of drug-likeness (QED) is 0.913. The fourth-order valence-corrected chi connectivity index (χ4v) is 3.69. The van der Waals surface area contributed by atoms with Gasteiger partial charge in [-0.25, -0.2) is 0 Å². The van der Waals surface area contributed by atoms with Crippen molar-refractivity contribution in [3.05, 3.63) is 11.7 Å². The maximum atomic E-state index is 5.38. The van der Waals surface area contributed by atoms with Crippen LogP contribution in [0.1, 0.15) is 50.7 Å². The number of nitrogens with zero attached hydrogens (tertiary/aromatic N) is 3. The molecule has 5 nitrogen and oxygen atoms in total. The molecule has 2 aliphatic heterocycles. The third kappa shape index (κ3) is 3.20. The fourth-order valence-electron chi connectivity index (χ4n) is 3.69. The number of piperidine rings is 2. The van der Waals surface area contributed by atoms with E-state index in [1.807, 2.05) is 0 Å². The molecule has 0 aromatic carbocycles. The van der Waals surface area contributed by atoms with E-state index in [0.717, 1.165) is 37.6 Å². The molecule has 1 spiro atoms. The lowest BCUT2D eigenvalue weighted by atomic mass is 9.74. The number of nitrogens with one attached hydrogen (secondary N) is 1. The summed E-state index contributed by atoms with van der Waals surface area (Å²) < 4.78 is 5.38. The van der Waals surface area contributed by atoms with Crippen LogP contribution in [0.15, 0.2) is 4.52 Å². The van der Waals surface area contributed by atoms with Gasteiger partial charge in [-0.15, -0.1) is 0 Å². The Morgan fingerprint density at radius 2 is 2.25 bits per heavy atom. The molecule has 2 aliphatic rings. The molecule has 2 saturated heterocycles. The second-order valence-corrected chi connectivity index (χ2v) is 6.45. The molecule has 3 rings (SSSR count). The molecule has 3 heterocycles. The summed E-state index contributed by atoms with van der Waals surface area (Å²) >= 11 is 0. The largest absolute Gasteiger partial charge is 0.338 e. The topological polar surface area (TPSA) is 54.2 Å². The van der Waals surface area contributed by atoms with Gasteiger partial charge in [-0.2, -0.15) is 4.98 Å². The molecule has 112 valence electrons. The zero-order valence-corrected chi connectivity index (χ0v) is 12.5. The molecule has 5 heteroatoms. The van der Waals surface area contributed by atoms with E-state index < -0.39 is 0 Å². The highest BCUT2D eigenvalue weighted by Crippen LogP contribution is 2.36. The van der Waals surface area contributed by atoms with Crippen molar-refractivity contribution < 1.29 is 4.52 Å². The summed E-state index contributed by atoms with van der Waals surface area (Å²) in [7, 11) is 0. The first-order chi connectivity index (χ1) is 9.80. The molecule has 20 heavy (non-hydrogen) atoms. The van der Waals surface area contributed by atoms with Crippen LogP contribution < -0.4 is 5.32 Å². The third-order valence-corrected chi connectivity index (χ3v) is 4.64. The highest BCUT2D eigenvalue weighted by molar-refractivity contribution is 4.93. The van der Waals surface area contributed by atoms with E-state index in [2.05, 4.69) is 27.3 Å². The average molecular weight is 278 g/mol. The number of hydrogen-bond donors (Lipinski definition) is 1. The monoisotopic (exact) mass is 278 g/mol. The van der Waals surface area contributed by atoms with Gasteiger partial charge in [0.25, 0.3) is 0 Å². The van der Waals surface area contributed by atoms with Gasteiger partial charge >= 0.3 is 0 Å². The molecule has 0 amide bonds. The highest BCUT2D eigenvalue weighted by Gasteiger charge is 2.36. The van der Waals surface area contributed by atoms with Crippen molar-refractivity contribution in [3.8, 4) is 0 Å². The Hall–Kier alpha value is -0.940. The van der Waals surface area contributed by atoms with Crippen molar-refractivity contribution in [2.45, 2.75) is 52.0 Å².